The van der Waals surface area contributed by atoms with E-state index in [9.17, 15) is 22.8 Å². The number of halogens is 3. The first-order valence-corrected chi connectivity index (χ1v) is 9.16. The van der Waals surface area contributed by atoms with Gasteiger partial charge in [-0.25, -0.2) is 0 Å². The highest BCUT2D eigenvalue weighted by Crippen LogP contribution is 2.27. The lowest BCUT2D eigenvalue weighted by molar-refractivity contribution is -0.138. The molecule has 0 radical (unpaired) electrons. The molecule has 3 rings (SSSR count). The number of alkyl halides is 3. The summed E-state index contributed by atoms with van der Waals surface area (Å²) in [7, 11) is 0. The number of pyridine rings is 1. The maximum absolute atomic E-state index is 12.7. The Morgan fingerprint density at radius 2 is 1.64 bits per heavy atom. The van der Waals surface area contributed by atoms with E-state index < -0.39 is 29.8 Å². The predicted octanol–water partition coefficient (Wildman–Crippen LogP) is 2.78. The van der Waals surface area contributed by atoms with Gasteiger partial charge in [-0.15, -0.1) is 0 Å². The Labute approximate surface area is 160 Å². The number of hydrogen-bond donors (Lipinski definition) is 1. The van der Waals surface area contributed by atoms with Crippen LogP contribution in [0.5, 0.6) is 0 Å². The second kappa shape index (κ2) is 8.60. The van der Waals surface area contributed by atoms with Crippen LogP contribution in [0.3, 0.4) is 0 Å². The summed E-state index contributed by atoms with van der Waals surface area (Å²) in [6.07, 6.45) is -1.43. The Bertz CT molecular complexity index is 870. The average Bonchev–Trinajstić information content (AvgIpc) is 3.15. The third-order valence-electron chi connectivity index (χ3n) is 4.74. The van der Waals surface area contributed by atoms with Gasteiger partial charge in [-0.2, -0.15) is 13.2 Å². The van der Waals surface area contributed by atoms with Crippen molar-refractivity contribution in [3.8, 4) is 0 Å². The Hall–Kier alpha value is -2.61. The van der Waals surface area contributed by atoms with E-state index in [4.69, 9.17) is 0 Å². The molecule has 1 amide bonds. The van der Waals surface area contributed by atoms with Crippen molar-refractivity contribution in [2.45, 2.75) is 38.7 Å². The van der Waals surface area contributed by atoms with Crippen LogP contribution in [0.15, 0.2) is 47.4 Å². The molecule has 2 aromatic rings. The third kappa shape index (κ3) is 5.45. The highest BCUT2D eigenvalue weighted by atomic mass is 19.4. The lowest BCUT2D eigenvalue weighted by Crippen LogP contribution is -2.32. The fraction of sp³-hybridized carbons (Fsp3) is 0.400. The van der Waals surface area contributed by atoms with E-state index in [-0.39, 0.29) is 6.54 Å². The van der Waals surface area contributed by atoms with Gasteiger partial charge in [0.2, 0.25) is 5.91 Å². The SMILES string of the molecule is O=C(Cn1cc(C(F)(F)F)ccc1=O)NCc1ccc(CN2CCCC2)cc1. The fourth-order valence-electron chi connectivity index (χ4n) is 3.20. The molecular weight excluding hydrogens is 371 g/mol. The minimum atomic E-state index is -4.57. The number of hydrogen-bond acceptors (Lipinski definition) is 3. The molecule has 1 N–H and O–H groups in total. The second-order valence-corrected chi connectivity index (χ2v) is 6.96. The van der Waals surface area contributed by atoms with Crippen LogP contribution in [0.2, 0.25) is 0 Å². The standard InChI is InChI=1S/C20H22F3N3O2/c21-20(22,23)17-7-8-19(28)26(13-17)14-18(27)24-11-15-3-5-16(6-4-15)12-25-9-1-2-10-25/h3-8,13H,1-2,9-12,14H2,(H,24,27). The van der Waals surface area contributed by atoms with Gasteiger partial charge < -0.3 is 9.88 Å². The van der Waals surface area contributed by atoms with Crippen LogP contribution in [0, 0.1) is 0 Å². The van der Waals surface area contributed by atoms with Gasteiger partial charge in [-0.3, -0.25) is 14.5 Å². The number of carbonyl (C=O) groups excluding carboxylic acids is 1. The molecule has 150 valence electrons. The lowest BCUT2D eigenvalue weighted by atomic mass is 10.1. The number of carbonyl (C=O) groups is 1. The number of aromatic nitrogens is 1. The zero-order chi connectivity index (χ0) is 20.1. The molecule has 1 aromatic heterocycles. The molecule has 1 saturated heterocycles. The van der Waals surface area contributed by atoms with Crippen molar-refractivity contribution < 1.29 is 18.0 Å². The van der Waals surface area contributed by atoms with Crippen LogP contribution < -0.4 is 10.9 Å². The van der Waals surface area contributed by atoms with Gasteiger partial charge in [0.15, 0.2) is 0 Å². The number of amides is 1. The molecule has 0 aliphatic carbocycles. The number of likely N-dealkylation sites (tertiary alicyclic amines) is 1. The molecule has 0 spiro atoms. The van der Waals surface area contributed by atoms with Crippen molar-refractivity contribution in [2.75, 3.05) is 13.1 Å². The summed E-state index contributed by atoms with van der Waals surface area (Å²) >= 11 is 0. The molecule has 2 heterocycles. The minimum Gasteiger partial charge on any atom is -0.350 e. The molecule has 0 atom stereocenters. The predicted molar refractivity (Wildman–Crippen MR) is 98.5 cm³/mol. The largest absolute Gasteiger partial charge is 0.417 e. The van der Waals surface area contributed by atoms with E-state index in [1.165, 1.54) is 18.4 Å². The van der Waals surface area contributed by atoms with Crippen molar-refractivity contribution in [3.05, 3.63) is 69.6 Å². The quantitative estimate of drug-likeness (QED) is 0.821. The summed E-state index contributed by atoms with van der Waals surface area (Å²) in [5.74, 6) is -0.525. The molecule has 1 aromatic carbocycles. The normalized spacial score (nSPS) is 15.0. The van der Waals surface area contributed by atoms with E-state index in [2.05, 4.69) is 10.2 Å². The van der Waals surface area contributed by atoms with Gasteiger partial charge >= 0.3 is 6.18 Å². The van der Waals surface area contributed by atoms with Gasteiger partial charge in [0, 0.05) is 25.4 Å². The number of benzene rings is 1. The third-order valence-corrected chi connectivity index (χ3v) is 4.74. The van der Waals surface area contributed by atoms with Gasteiger partial charge in [0.1, 0.15) is 6.54 Å². The van der Waals surface area contributed by atoms with Crippen LogP contribution in [0.4, 0.5) is 13.2 Å². The van der Waals surface area contributed by atoms with E-state index in [0.717, 1.165) is 35.8 Å². The van der Waals surface area contributed by atoms with Gasteiger partial charge in [-0.1, -0.05) is 24.3 Å². The molecule has 0 saturated carbocycles. The molecule has 1 aliphatic rings. The van der Waals surface area contributed by atoms with E-state index in [0.29, 0.717) is 12.3 Å². The molecular formula is C20H22F3N3O2. The molecule has 0 bridgehead atoms. The summed E-state index contributed by atoms with van der Waals surface area (Å²) in [5, 5.41) is 2.64. The van der Waals surface area contributed by atoms with Crippen molar-refractivity contribution in [2.24, 2.45) is 0 Å². The Balaban J connectivity index is 1.53. The Kier molecular flexibility index (Phi) is 6.18. The first-order valence-electron chi connectivity index (χ1n) is 9.16. The fourth-order valence-corrected chi connectivity index (χ4v) is 3.20. The molecule has 1 fully saturated rings. The number of rotatable bonds is 6. The van der Waals surface area contributed by atoms with Crippen LogP contribution in [-0.2, 0) is 30.6 Å². The minimum absolute atomic E-state index is 0.247. The second-order valence-electron chi connectivity index (χ2n) is 6.96. The van der Waals surface area contributed by atoms with E-state index in [1.54, 1.807) is 0 Å². The Morgan fingerprint density at radius 3 is 2.29 bits per heavy atom. The summed E-state index contributed by atoms with van der Waals surface area (Å²) in [5.41, 5.74) is 0.463. The highest BCUT2D eigenvalue weighted by Gasteiger charge is 2.31. The zero-order valence-corrected chi connectivity index (χ0v) is 15.3. The van der Waals surface area contributed by atoms with Crippen LogP contribution >= 0.6 is 0 Å². The average molecular weight is 393 g/mol. The number of nitrogens with zero attached hydrogens (tertiary/aromatic N) is 2. The van der Waals surface area contributed by atoms with Crippen molar-refractivity contribution in [1.29, 1.82) is 0 Å². The molecule has 5 nitrogen and oxygen atoms in total. The smallest absolute Gasteiger partial charge is 0.350 e. The highest BCUT2D eigenvalue weighted by molar-refractivity contribution is 5.75. The molecule has 1 aliphatic heterocycles. The molecule has 28 heavy (non-hydrogen) atoms. The summed E-state index contributed by atoms with van der Waals surface area (Å²) < 4.78 is 39.0. The summed E-state index contributed by atoms with van der Waals surface area (Å²) in [6.45, 7) is 2.93. The van der Waals surface area contributed by atoms with Gasteiger partial charge in [0.05, 0.1) is 5.56 Å². The van der Waals surface area contributed by atoms with Crippen molar-refractivity contribution >= 4 is 5.91 Å². The first-order chi connectivity index (χ1) is 13.3. The maximum atomic E-state index is 12.7. The van der Waals surface area contributed by atoms with Crippen molar-refractivity contribution in [3.63, 3.8) is 0 Å². The van der Waals surface area contributed by atoms with Crippen LogP contribution in [-0.4, -0.2) is 28.5 Å². The molecule has 8 heteroatoms. The Morgan fingerprint density at radius 1 is 1.00 bits per heavy atom. The topological polar surface area (TPSA) is 54.3 Å². The van der Waals surface area contributed by atoms with Gasteiger partial charge in [0.25, 0.3) is 5.56 Å². The number of nitrogens with one attached hydrogen (secondary N) is 1. The first kappa shape index (κ1) is 20.1. The van der Waals surface area contributed by atoms with E-state index in [1.807, 2.05) is 24.3 Å². The van der Waals surface area contributed by atoms with Gasteiger partial charge in [-0.05, 0) is 43.1 Å². The lowest BCUT2D eigenvalue weighted by Gasteiger charge is -2.15. The zero-order valence-electron chi connectivity index (χ0n) is 15.3. The van der Waals surface area contributed by atoms with Crippen LogP contribution in [0.1, 0.15) is 29.5 Å². The summed E-state index contributed by atoms with van der Waals surface area (Å²) in [4.78, 5) is 26.1. The van der Waals surface area contributed by atoms with E-state index >= 15 is 0 Å². The van der Waals surface area contributed by atoms with Crippen LogP contribution in [0.25, 0.3) is 0 Å². The maximum Gasteiger partial charge on any atom is 0.417 e. The molecule has 0 unspecified atom stereocenters. The van der Waals surface area contributed by atoms with Crippen molar-refractivity contribution in [1.82, 2.24) is 14.8 Å². The summed E-state index contributed by atoms with van der Waals surface area (Å²) in [6, 6.07) is 9.38. The monoisotopic (exact) mass is 393 g/mol.